The van der Waals surface area contributed by atoms with E-state index in [1.807, 2.05) is 12.1 Å². The Hall–Kier alpha value is -2.95. The minimum atomic E-state index is -0.218. The molecule has 1 N–H and O–H groups in total. The first-order chi connectivity index (χ1) is 13.5. The van der Waals surface area contributed by atoms with Crippen LogP contribution in [0.2, 0.25) is 0 Å². The van der Waals surface area contributed by atoms with Gasteiger partial charge in [-0.05, 0) is 67.9 Å². The first-order valence-electron chi connectivity index (χ1n) is 9.58. The standard InChI is InChI=1S/C23H26FN3O/c1-23(2)16-26(20-6-4-5-7-21(20)28-3)14-15-27(23)22-13-12-19(25-22)17-8-10-18(24)11-9-17/h4-13,25H,14-16H2,1-3H3. The molecule has 0 spiro atoms. The summed E-state index contributed by atoms with van der Waals surface area (Å²) in [6, 6.07) is 18.9. The molecule has 146 valence electrons. The third-order valence-electron chi connectivity index (χ3n) is 5.44. The van der Waals surface area contributed by atoms with Crippen LogP contribution in [-0.4, -0.2) is 37.3 Å². The van der Waals surface area contributed by atoms with Crippen molar-refractivity contribution in [1.82, 2.24) is 4.98 Å². The summed E-state index contributed by atoms with van der Waals surface area (Å²) in [5, 5.41) is 0. The van der Waals surface area contributed by atoms with Crippen LogP contribution >= 0.6 is 0 Å². The lowest BCUT2D eigenvalue weighted by Gasteiger charge is -2.48. The molecule has 0 bridgehead atoms. The Morgan fingerprint density at radius 2 is 1.71 bits per heavy atom. The van der Waals surface area contributed by atoms with E-state index < -0.39 is 0 Å². The van der Waals surface area contributed by atoms with Gasteiger partial charge in [0.25, 0.3) is 0 Å². The van der Waals surface area contributed by atoms with Gasteiger partial charge in [0.05, 0.1) is 18.3 Å². The summed E-state index contributed by atoms with van der Waals surface area (Å²) in [6.45, 7) is 7.21. The molecule has 1 aromatic heterocycles. The van der Waals surface area contributed by atoms with Crippen molar-refractivity contribution in [3.05, 3.63) is 66.5 Å². The normalized spacial score (nSPS) is 16.3. The van der Waals surface area contributed by atoms with Crippen molar-refractivity contribution in [2.75, 3.05) is 36.5 Å². The van der Waals surface area contributed by atoms with E-state index in [-0.39, 0.29) is 11.4 Å². The Morgan fingerprint density at radius 1 is 0.964 bits per heavy atom. The highest BCUT2D eigenvalue weighted by Gasteiger charge is 2.35. The van der Waals surface area contributed by atoms with Gasteiger partial charge in [-0.15, -0.1) is 0 Å². The predicted molar refractivity (Wildman–Crippen MR) is 113 cm³/mol. The number of nitrogens with one attached hydrogen (secondary N) is 1. The van der Waals surface area contributed by atoms with Gasteiger partial charge < -0.3 is 19.5 Å². The fraction of sp³-hybridized carbons (Fsp3) is 0.304. The molecule has 1 aliphatic rings. The minimum Gasteiger partial charge on any atom is -0.495 e. The SMILES string of the molecule is COc1ccccc1N1CCN(c2ccc(-c3ccc(F)cc3)[nH]2)C(C)(C)C1. The molecule has 1 aliphatic heterocycles. The average Bonchev–Trinajstić information content (AvgIpc) is 3.17. The van der Waals surface area contributed by atoms with Crippen molar-refractivity contribution in [3.8, 4) is 17.0 Å². The van der Waals surface area contributed by atoms with Gasteiger partial charge in [-0.2, -0.15) is 0 Å². The third kappa shape index (κ3) is 3.44. The second-order valence-electron chi connectivity index (χ2n) is 7.82. The first-order valence-corrected chi connectivity index (χ1v) is 9.58. The Labute approximate surface area is 165 Å². The molecule has 0 saturated carbocycles. The maximum absolute atomic E-state index is 13.2. The largest absolute Gasteiger partial charge is 0.495 e. The topological polar surface area (TPSA) is 31.5 Å². The summed E-state index contributed by atoms with van der Waals surface area (Å²) < 4.78 is 18.7. The smallest absolute Gasteiger partial charge is 0.142 e. The fourth-order valence-electron chi connectivity index (χ4n) is 4.04. The highest BCUT2D eigenvalue weighted by atomic mass is 19.1. The van der Waals surface area contributed by atoms with E-state index in [9.17, 15) is 4.39 Å². The molecule has 4 nitrogen and oxygen atoms in total. The van der Waals surface area contributed by atoms with Gasteiger partial charge in [-0.25, -0.2) is 4.39 Å². The monoisotopic (exact) mass is 379 g/mol. The molecule has 0 atom stereocenters. The number of piperazine rings is 1. The number of hydrogen-bond donors (Lipinski definition) is 1. The molecule has 4 rings (SSSR count). The van der Waals surface area contributed by atoms with Crippen molar-refractivity contribution in [3.63, 3.8) is 0 Å². The number of benzene rings is 2. The summed E-state index contributed by atoms with van der Waals surface area (Å²) in [6.07, 6.45) is 0. The molecular formula is C23H26FN3O. The Kier molecular flexibility index (Phi) is 4.75. The van der Waals surface area contributed by atoms with Crippen LogP contribution in [0.1, 0.15) is 13.8 Å². The number of hydrogen-bond acceptors (Lipinski definition) is 3. The van der Waals surface area contributed by atoms with Crippen LogP contribution in [-0.2, 0) is 0 Å². The molecule has 2 aromatic carbocycles. The van der Waals surface area contributed by atoms with Gasteiger partial charge in [-0.3, -0.25) is 0 Å². The van der Waals surface area contributed by atoms with Gasteiger partial charge in [0, 0.05) is 25.3 Å². The maximum atomic E-state index is 13.2. The number of aromatic nitrogens is 1. The molecule has 0 aliphatic carbocycles. The van der Waals surface area contributed by atoms with Crippen molar-refractivity contribution in [1.29, 1.82) is 0 Å². The number of anilines is 2. The van der Waals surface area contributed by atoms with Crippen LogP contribution in [0.25, 0.3) is 11.3 Å². The second kappa shape index (κ2) is 7.23. The number of nitrogens with zero attached hydrogens (tertiary/aromatic N) is 2. The Balaban J connectivity index is 1.55. The summed E-state index contributed by atoms with van der Waals surface area (Å²) in [4.78, 5) is 8.31. The zero-order chi connectivity index (χ0) is 19.7. The molecule has 0 unspecified atom stereocenters. The van der Waals surface area contributed by atoms with E-state index in [1.54, 1.807) is 19.2 Å². The van der Waals surface area contributed by atoms with Crippen molar-refractivity contribution >= 4 is 11.5 Å². The summed E-state index contributed by atoms with van der Waals surface area (Å²) in [5.41, 5.74) is 3.05. The van der Waals surface area contributed by atoms with E-state index in [0.717, 1.165) is 48.1 Å². The zero-order valence-electron chi connectivity index (χ0n) is 16.6. The zero-order valence-corrected chi connectivity index (χ0v) is 16.6. The van der Waals surface area contributed by atoms with Gasteiger partial charge in [0.1, 0.15) is 17.4 Å². The van der Waals surface area contributed by atoms with Crippen LogP contribution in [0.15, 0.2) is 60.7 Å². The van der Waals surface area contributed by atoms with Crippen molar-refractivity contribution in [2.24, 2.45) is 0 Å². The van der Waals surface area contributed by atoms with Crippen LogP contribution in [0.4, 0.5) is 15.9 Å². The number of ether oxygens (including phenoxy) is 1. The number of aromatic amines is 1. The molecule has 0 radical (unpaired) electrons. The molecule has 5 heteroatoms. The van der Waals surface area contributed by atoms with Gasteiger partial charge in [0.2, 0.25) is 0 Å². The Morgan fingerprint density at radius 3 is 2.43 bits per heavy atom. The highest BCUT2D eigenvalue weighted by Crippen LogP contribution is 2.35. The van der Waals surface area contributed by atoms with Crippen LogP contribution in [0.3, 0.4) is 0 Å². The minimum absolute atomic E-state index is 0.0655. The van der Waals surface area contributed by atoms with Crippen molar-refractivity contribution < 1.29 is 9.13 Å². The fourth-order valence-corrected chi connectivity index (χ4v) is 4.04. The number of para-hydroxylation sites is 2. The van der Waals surface area contributed by atoms with E-state index in [0.29, 0.717) is 0 Å². The second-order valence-corrected chi connectivity index (χ2v) is 7.82. The van der Waals surface area contributed by atoms with Crippen LogP contribution < -0.4 is 14.5 Å². The molecule has 28 heavy (non-hydrogen) atoms. The number of H-pyrrole nitrogens is 1. The molecule has 1 saturated heterocycles. The molecule has 2 heterocycles. The lowest BCUT2D eigenvalue weighted by atomic mass is 9.98. The molecular weight excluding hydrogens is 353 g/mol. The van der Waals surface area contributed by atoms with Crippen LogP contribution in [0.5, 0.6) is 5.75 Å². The number of rotatable bonds is 4. The molecule has 3 aromatic rings. The summed E-state index contributed by atoms with van der Waals surface area (Å²) >= 11 is 0. The predicted octanol–water partition coefficient (Wildman–Crippen LogP) is 4.93. The highest BCUT2D eigenvalue weighted by molar-refractivity contribution is 5.65. The van der Waals surface area contributed by atoms with Gasteiger partial charge in [0.15, 0.2) is 0 Å². The number of halogens is 1. The van der Waals surface area contributed by atoms with Gasteiger partial charge in [-0.1, -0.05) is 12.1 Å². The van der Waals surface area contributed by atoms with E-state index in [1.165, 1.54) is 12.1 Å². The summed E-state index contributed by atoms with van der Waals surface area (Å²) in [5.74, 6) is 1.78. The average molecular weight is 379 g/mol. The van der Waals surface area contributed by atoms with Crippen molar-refractivity contribution in [2.45, 2.75) is 19.4 Å². The van der Waals surface area contributed by atoms with E-state index >= 15 is 0 Å². The Bertz CT molecular complexity index is 948. The first kappa shape index (κ1) is 18.4. The van der Waals surface area contributed by atoms with Gasteiger partial charge >= 0.3 is 0 Å². The van der Waals surface area contributed by atoms with Crippen LogP contribution in [0, 0.1) is 5.82 Å². The molecule has 1 fully saturated rings. The quantitative estimate of drug-likeness (QED) is 0.697. The summed E-state index contributed by atoms with van der Waals surface area (Å²) in [7, 11) is 1.72. The third-order valence-corrected chi connectivity index (χ3v) is 5.44. The lowest BCUT2D eigenvalue weighted by molar-refractivity contribution is 0.395. The van der Waals surface area contributed by atoms with E-state index in [4.69, 9.17) is 4.74 Å². The molecule has 0 amide bonds. The maximum Gasteiger partial charge on any atom is 0.142 e. The van der Waals surface area contributed by atoms with E-state index in [2.05, 4.69) is 52.9 Å². The number of methoxy groups -OCH3 is 1. The lowest BCUT2D eigenvalue weighted by Crippen LogP contribution is -2.60.